The molecule has 1 N–H and O–H groups in total. The Morgan fingerprint density at radius 3 is 2.06 bits per heavy atom. The summed E-state index contributed by atoms with van der Waals surface area (Å²) in [6, 6.07) is 2.68. The highest BCUT2D eigenvalue weighted by atomic mass is 31.1. The van der Waals surface area contributed by atoms with Gasteiger partial charge in [-0.05, 0) is 30.2 Å². The van der Waals surface area contributed by atoms with Gasteiger partial charge >= 0.3 is 5.97 Å². The summed E-state index contributed by atoms with van der Waals surface area (Å²) in [7, 11) is -0.666. The highest BCUT2D eigenvalue weighted by molar-refractivity contribution is 7.36. The molecule has 0 spiro atoms. The summed E-state index contributed by atoms with van der Waals surface area (Å²) < 4.78 is 21.7. The monoisotopic (exact) mass is 254 g/mol. The molecule has 0 saturated heterocycles. The van der Waals surface area contributed by atoms with Crippen LogP contribution in [0.5, 0.6) is 0 Å². The van der Waals surface area contributed by atoms with E-state index in [0.29, 0.717) is 16.4 Å². The lowest BCUT2D eigenvalue weighted by molar-refractivity contribution is 0.0698. The quantitative estimate of drug-likeness (QED) is 0.836. The molecule has 0 aliphatic rings. The van der Waals surface area contributed by atoms with Gasteiger partial charge in [0.15, 0.2) is 16.9 Å². The van der Waals surface area contributed by atoms with Crippen LogP contribution in [-0.2, 0) is 9.13 Å². The summed E-state index contributed by atoms with van der Waals surface area (Å²) in [6.07, 6.45) is 0. The van der Waals surface area contributed by atoms with Crippen LogP contribution in [0.2, 0.25) is 0 Å². The van der Waals surface area contributed by atoms with E-state index in [-0.39, 0.29) is 19.3 Å². The fourth-order valence-corrected chi connectivity index (χ4v) is 2.32. The lowest BCUT2D eigenvalue weighted by atomic mass is 10.1. The van der Waals surface area contributed by atoms with Gasteiger partial charge in [0.1, 0.15) is 0 Å². The average Bonchev–Trinajstić information content (AvgIpc) is 2.26. The predicted molar refractivity (Wildman–Crippen MR) is 62.6 cm³/mol. The molecule has 0 radical (unpaired) electrons. The van der Waals surface area contributed by atoms with Crippen molar-refractivity contribution in [3.63, 3.8) is 0 Å². The van der Waals surface area contributed by atoms with Crippen LogP contribution in [0.25, 0.3) is 5.57 Å². The number of hydrogen-bond donors (Lipinski definition) is 1. The van der Waals surface area contributed by atoms with Gasteiger partial charge in [-0.1, -0.05) is 6.58 Å². The SMILES string of the molecule is C=C(C)c1cc(C(=O)O)c(P=O)cc1P=O. The molecule has 0 atom stereocenters. The first-order chi connectivity index (χ1) is 7.51. The molecule has 82 valence electrons. The van der Waals surface area contributed by atoms with Crippen molar-refractivity contribution in [3.05, 3.63) is 29.8 Å². The van der Waals surface area contributed by atoms with Crippen LogP contribution in [0.4, 0.5) is 0 Å². The lowest BCUT2D eigenvalue weighted by Crippen LogP contribution is -2.16. The molecule has 0 aliphatic heterocycles. The van der Waals surface area contributed by atoms with Crippen LogP contribution in [0.15, 0.2) is 18.7 Å². The standard InChI is InChI=1S/C10H8O4P2/c1-5(2)6-3-7(10(11)12)9(16-14)4-8(6)15-13/h3-4H,1H2,2H3,(H,11,12). The molecule has 1 rings (SSSR count). The molecule has 1 aromatic rings. The molecular weight excluding hydrogens is 246 g/mol. The highest BCUT2D eigenvalue weighted by Gasteiger charge is 2.15. The van der Waals surface area contributed by atoms with Crippen molar-refractivity contribution in [1.29, 1.82) is 0 Å². The third-order valence-corrected chi connectivity index (χ3v) is 3.13. The van der Waals surface area contributed by atoms with Crippen molar-refractivity contribution in [2.75, 3.05) is 0 Å². The summed E-state index contributed by atoms with van der Waals surface area (Å²) in [6.45, 7) is 5.36. The number of hydrogen-bond acceptors (Lipinski definition) is 3. The first-order valence-electron chi connectivity index (χ1n) is 4.25. The highest BCUT2D eigenvalue weighted by Crippen LogP contribution is 2.16. The molecule has 1 aromatic carbocycles. The van der Waals surface area contributed by atoms with Gasteiger partial charge in [0.2, 0.25) is 0 Å². The number of carboxylic acids is 1. The normalized spacial score (nSPS) is 10.6. The molecule has 6 heteroatoms. The van der Waals surface area contributed by atoms with Gasteiger partial charge in [-0.15, -0.1) is 0 Å². The van der Waals surface area contributed by atoms with Gasteiger partial charge in [0, 0.05) is 0 Å². The Morgan fingerprint density at radius 2 is 1.69 bits per heavy atom. The number of allylic oxidation sites excluding steroid dienone is 1. The van der Waals surface area contributed by atoms with Crippen LogP contribution in [0.1, 0.15) is 22.8 Å². The van der Waals surface area contributed by atoms with Gasteiger partial charge in [-0.2, -0.15) is 0 Å². The van der Waals surface area contributed by atoms with Crippen LogP contribution < -0.4 is 10.6 Å². The summed E-state index contributed by atoms with van der Waals surface area (Å²) >= 11 is 0. The molecule has 0 fully saturated rings. The fourth-order valence-electron chi connectivity index (χ4n) is 1.24. The minimum Gasteiger partial charge on any atom is -0.478 e. The van der Waals surface area contributed by atoms with Crippen molar-refractivity contribution >= 4 is 39.1 Å². The zero-order valence-electron chi connectivity index (χ0n) is 8.43. The largest absolute Gasteiger partial charge is 0.478 e. The third-order valence-electron chi connectivity index (χ3n) is 2.00. The molecule has 0 heterocycles. The molecular formula is C10H8O4P2. The van der Waals surface area contributed by atoms with Crippen molar-refractivity contribution in [3.8, 4) is 0 Å². The molecule has 4 nitrogen and oxygen atoms in total. The van der Waals surface area contributed by atoms with Crippen molar-refractivity contribution in [2.24, 2.45) is 0 Å². The minimum atomic E-state index is -1.17. The second kappa shape index (κ2) is 5.11. The van der Waals surface area contributed by atoms with Crippen LogP contribution in [0, 0.1) is 0 Å². The van der Waals surface area contributed by atoms with Crippen LogP contribution in [-0.4, -0.2) is 11.1 Å². The van der Waals surface area contributed by atoms with Crippen molar-refractivity contribution in [1.82, 2.24) is 0 Å². The van der Waals surface area contributed by atoms with E-state index < -0.39 is 14.4 Å². The molecule has 0 aromatic heterocycles. The Bertz CT molecular complexity index is 453. The van der Waals surface area contributed by atoms with E-state index in [1.807, 2.05) is 0 Å². The van der Waals surface area contributed by atoms with Gasteiger partial charge in [-0.25, -0.2) is 4.79 Å². The van der Waals surface area contributed by atoms with Gasteiger partial charge in [-0.3, -0.25) is 9.13 Å². The lowest BCUT2D eigenvalue weighted by Gasteiger charge is -2.06. The average molecular weight is 254 g/mol. The Hall–Kier alpha value is -1.37. The molecule has 0 amide bonds. The number of rotatable bonds is 4. The Morgan fingerprint density at radius 1 is 1.19 bits per heavy atom. The summed E-state index contributed by atoms with van der Waals surface area (Å²) in [5.41, 5.74) is 1.04. The van der Waals surface area contributed by atoms with Crippen molar-refractivity contribution < 1.29 is 19.0 Å². The van der Waals surface area contributed by atoms with Gasteiger partial charge in [0.05, 0.1) is 16.2 Å². The Kier molecular flexibility index (Phi) is 4.05. The Labute approximate surface area is 95.4 Å². The second-order valence-electron chi connectivity index (χ2n) is 3.15. The summed E-state index contributed by atoms with van der Waals surface area (Å²) in [5.74, 6) is -1.17. The van der Waals surface area contributed by atoms with Crippen LogP contribution >= 0.6 is 16.9 Å². The molecule has 0 unspecified atom stereocenters. The molecule has 0 bridgehead atoms. The number of aromatic carboxylic acids is 1. The zero-order chi connectivity index (χ0) is 12.3. The number of carbonyl (C=O) groups is 1. The first kappa shape index (κ1) is 12.7. The van der Waals surface area contributed by atoms with E-state index in [1.165, 1.54) is 12.1 Å². The van der Waals surface area contributed by atoms with E-state index in [1.54, 1.807) is 6.92 Å². The summed E-state index contributed by atoms with van der Waals surface area (Å²) in [5, 5.41) is 9.41. The number of benzene rings is 1. The predicted octanol–water partition coefficient (Wildman–Crippen LogP) is 2.25. The minimum absolute atomic E-state index is 0.0675. The zero-order valence-corrected chi connectivity index (χ0v) is 10.2. The van der Waals surface area contributed by atoms with Gasteiger partial charge in [0.25, 0.3) is 0 Å². The number of carboxylic acid groups (broad SMARTS) is 1. The van der Waals surface area contributed by atoms with Crippen LogP contribution in [0.3, 0.4) is 0 Å². The van der Waals surface area contributed by atoms with Gasteiger partial charge < -0.3 is 5.11 Å². The van der Waals surface area contributed by atoms with E-state index in [9.17, 15) is 13.9 Å². The summed E-state index contributed by atoms with van der Waals surface area (Å²) in [4.78, 5) is 10.9. The van der Waals surface area contributed by atoms with E-state index in [4.69, 9.17) is 5.11 Å². The maximum absolute atomic E-state index is 10.9. The van der Waals surface area contributed by atoms with E-state index in [0.717, 1.165) is 0 Å². The van der Waals surface area contributed by atoms with Crippen molar-refractivity contribution in [2.45, 2.75) is 6.92 Å². The maximum atomic E-state index is 10.9. The maximum Gasteiger partial charge on any atom is 0.336 e. The third kappa shape index (κ3) is 2.41. The smallest absolute Gasteiger partial charge is 0.336 e. The topological polar surface area (TPSA) is 71.4 Å². The molecule has 0 aliphatic carbocycles. The molecule has 0 saturated carbocycles. The Balaban J connectivity index is 3.59. The second-order valence-corrected chi connectivity index (χ2v) is 4.48. The van der Waals surface area contributed by atoms with E-state index >= 15 is 0 Å². The fraction of sp³-hybridized carbons (Fsp3) is 0.100. The van der Waals surface area contributed by atoms with E-state index in [2.05, 4.69) is 6.58 Å². The molecule has 16 heavy (non-hydrogen) atoms. The first-order valence-corrected chi connectivity index (χ1v) is 5.87.